The number of aromatic nitrogens is 4. The summed E-state index contributed by atoms with van der Waals surface area (Å²) in [6.07, 6.45) is 0. The van der Waals surface area contributed by atoms with Crippen LogP contribution in [-0.2, 0) is 13.2 Å². The first-order chi connectivity index (χ1) is 9.35. The Morgan fingerprint density at radius 2 is 1.90 bits per heavy atom. The van der Waals surface area contributed by atoms with E-state index in [1.807, 2.05) is 36.4 Å². The van der Waals surface area contributed by atoms with Crippen molar-refractivity contribution < 1.29 is 34.3 Å². The van der Waals surface area contributed by atoms with Gasteiger partial charge in [-0.2, -0.15) is 0 Å². The summed E-state index contributed by atoms with van der Waals surface area (Å²) in [5.74, 6) is 1.35. The third-order valence-electron chi connectivity index (χ3n) is 2.85. The molecule has 0 fully saturated rings. The number of nitrogens with one attached hydrogen (secondary N) is 2. The minimum Gasteiger partial charge on any atom is -0.674 e. The number of tetrazole rings is 1. The standard InChI is InChI=1S/C13H12N5O.Na/c14-7-9-1-2-11-6-12(4-3-10(11)5-9)19-8-13-15-17-18-16-13;/h1-6,14H,7-8H2,(H,15,16,17,18);/q-1;+1. The van der Waals surface area contributed by atoms with Crippen molar-refractivity contribution in [2.45, 2.75) is 13.2 Å². The van der Waals surface area contributed by atoms with Gasteiger partial charge in [0.05, 0.1) is 0 Å². The third kappa shape index (κ3) is 3.34. The van der Waals surface area contributed by atoms with Gasteiger partial charge >= 0.3 is 29.6 Å². The van der Waals surface area contributed by atoms with Gasteiger partial charge in [0.15, 0.2) is 5.82 Å². The van der Waals surface area contributed by atoms with E-state index in [2.05, 4.69) is 20.6 Å². The molecule has 0 aliphatic heterocycles. The maximum Gasteiger partial charge on any atom is 1.00 e. The Kier molecular flexibility index (Phi) is 5.08. The summed E-state index contributed by atoms with van der Waals surface area (Å²) in [5.41, 5.74) is 8.37. The zero-order chi connectivity index (χ0) is 13.1. The van der Waals surface area contributed by atoms with Gasteiger partial charge < -0.3 is 10.5 Å². The van der Waals surface area contributed by atoms with Crippen molar-refractivity contribution in [2.75, 3.05) is 0 Å². The maximum atomic E-state index is 7.36. The second-order valence-corrected chi connectivity index (χ2v) is 4.16. The number of aromatic amines is 1. The summed E-state index contributed by atoms with van der Waals surface area (Å²) in [5, 5.41) is 15.6. The van der Waals surface area contributed by atoms with Gasteiger partial charge in [0.1, 0.15) is 12.4 Å². The molecule has 0 unspecified atom stereocenters. The topological polar surface area (TPSA) is 87.5 Å². The van der Waals surface area contributed by atoms with E-state index in [1.165, 1.54) is 0 Å². The van der Waals surface area contributed by atoms with Crippen LogP contribution >= 0.6 is 0 Å². The van der Waals surface area contributed by atoms with Crippen molar-refractivity contribution >= 4 is 10.8 Å². The number of hydrogen-bond acceptors (Lipinski definition) is 4. The molecule has 0 aliphatic carbocycles. The van der Waals surface area contributed by atoms with Crippen LogP contribution in [0, 0.1) is 0 Å². The third-order valence-corrected chi connectivity index (χ3v) is 2.85. The Labute approximate surface area is 138 Å². The fraction of sp³-hybridized carbons (Fsp3) is 0.154. The minimum absolute atomic E-state index is 0. The van der Waals surface area contributed by atoms with Crippen molar-refractivity contribution in [3.8, 4) is 5.75 Å². The molecular formula is C13H12N5NaO. The number of benzene rings is 2. The molecule has 0 bridgehead atoms. The minimum atomic E-state index is 0. The van der Waals surface area contributed by atoms with Crippen LogP contribution in [0.15, 0.2) is 36.4 Å². The first-order valence-corrected chi connectivity index (χ1v) is 5.88. The quantitative estimate of drug-likeness (QED) is 0.650. The zero-order valence-corrected chi connectivity index (χ0v) is 13.1. The first kappa shape index (κ1) is 14.9. The van der Waals surface area contributed by atoms with E-state index < -0.39 is 0 Å². The normalized spacial score (nSPS) is 10.2. The van der Waals surface area contributed by atoms with E-state index in [0.29, 0.717) is 19.0 Å². The van der Waals surface area contributed by atoms with Gasteiger partial charge in [0, 0.05) is 0 Å². The molecule has 3 rings (SSSR count). The molecule has 0 aliphatic rings. The molecular weight excluding hydrogens is 265 g/mol. The van der Waals surface area contributed by atoms with Crippen LogP contribution in [0.4, 0.5) is 0 Å². The summed E-state index contributed by atoms with van der Waals surface area (Å²) >= 11 is 0. The van der Waals surface area contributed by atoms with Crippen LogP contribution in [0.3, 0.4) is 0 Å². The van der Waals surface area contributed by atoms with Crippen LogP contribution in [0.25, 0.3) is 16.5 Å². The molecule has 7 heteroatoms. The molecule has 0 atom stereocenters. The van der Waals surface area contributed by atoms with Crippen molar-refractivity contribution in [1.82, 2.24) is 20.6 Å². The Bertz CT molecular complexity index is 686. The van der Waals surface area contributed by atoms with Gasteiger partial charge in [0.25, 0.3) is 0 Å². The van der Waals surface area contributed by atoms with Crippen LogP contribution in [0.5, 0.6) is 5.75 Å². The smallest absolute Gasteiger partial charge is 0.674 e. The summed E-state index contributed by atoms with van der Waals surface area (Å²) < 4.78 is 5.60. The van der Waals surface area contributed by atoms with E-state index in [4.69, 9.17) is 10.5 Å². The van der Waals surface area contributed by atoms with E-state index in [9.17, 15) is 0 Å². The molecule has 2 N–H and O–H groups in total. The van der Waals surface area contributed by atoms with Gasteiger partial charge in [0.2, 0.25) is 0 Å². The van der Waals surface area contributed by atoms with Crippen LogP contribution in [0.1, 0.15) is 11.4 Å². The zero-order valence-electron chi connectivity index (χ0n) is 11.1. The van der Waals surface area contributed by atoms with Crippen molar-refractivity contribution in [3.05, 3.63) is 53.5 Å². The SMILES string of the molecule is [NH-]Cc1ccc2cc(OCc3nnn[nH]3)ccc2c1.[Na+]. The van der Waals surface area contributed by atoms with Gasteiger partial charge in [-0.1, -0.05) is 29.8 Å². The largest absolute Gasteiger partial charge is 1.00 e. The Morgan fingerprint density at radius 3 is 2.65 bits per heavy atom. The number of H-pyrrole nitrogens is 1. The van der Waals surface area contributed by atoms with Gasteiger partial charge in [-0.15, -0.1) is 11.6 Å². The molecule has 1 heterocycles. The number of ether oxygens (including phenoxy) is 1. The fourth-order valence-electron chi connectivity index (χ4n) is 1.86. The molecule has 0 saturated carbocycles. The summed E-state index contributed by atoms with van der Waals surface area (Å²) in [7, 11) is 0. The van der Waals surface area contributed by atoms with E-state index in [0.717, 1.165) is 22.1 Å². The molecule has 96 valence electrons. The van der Waals surface area contributed by atoms with Gasteiger partial charge in [-0.25, -0.2) is 5.10 Å². The van der Waals surface area contributed by atoms with E-state index in [1.54, 1.807) is 0 Å². The molecule has 2 aromatic carbocycles. The van der Waals surface area contributed by atoms with E-state index in [-0.39, 0.29) is 29.6 Å². The van der Waals surface area contributed by atoms with Crippen molar-refractivity contribution in [2.24, 2.45) is 0 Å². The molecule has 0 saturated heterocycles. The van der Waals surface area contributed by atoms with Gasteiger partial charge in [-0.3, -0.25) is 0 Å². The predicted molar refractivity (Wildman–Crippen MR) is 70.5 cm³/mol. The predicted octanol–water partition coefficient (Wildman–Crippen LogP) is -0.512. The molecule has 3 aromatic rings. The Balaban J connectivity index is 0.00000147. The first-order valence-electron chi connectivity index (χ1n) is 5.88. The summed E-state index contributed by atoms with van der Waals surface area (Å²) in [4.78, 5) is 0. The van der Waals surface area contributed by atoms with Crippen LogP contribution in [-0.4, -0.2) is 20.6 Å². The van der Waals surface area contributed by atoms with Gasteiger partial charge in [-0.05, 0) is 33.3 Å². The molecule has 0 radical (unpaired) electrons. The average molecular weight is 277 g/mol. The fourth-order valence-corrected chi connectivity index (χ4v) is 1.86. The Morgan fingerprint density at radius 1 is 1.10 bits per heavy atom. The summed E-state index contributed by atoms with van der Waals surface area (Å²) in [6, 6.07) is 11.8. The molecule has 6 nitrogen and oxygen atoms in total. The molecule has 0 spiro atoms. The number of rotatable bonds is 4. The van der Waals surface area contributed by atoms with Crippen LogP contribution in [0.2, 0.25) is 0 Å². The van der Waals surface area contributed by atoms with Crippen molar-refractivity contribution in [3.63, 3.8) is 0 Å². The Hall–Kier alpha value is -1.47. The number of hydrogen-bond donors (Lipinski definition) is 1. The molecule has 0 amide bonds. The van der Waals surface area contributed by atoms with E-state index >= 15 is 0 Å². The monoisotopic (exact) mass is 277 g/mol. The molecule has 1 aromatic heterocycles. The average Bonchev–Trinajstić information content (AvgIpc) is 2.97. The van der Waals surface area contributed by atoms with Crippen LogP contribution < -0.4 is 34.3 Å². The number of fused-ring (bicyclic) bond motifs is 1. The molecule has 20 heavy (non-hydrogen) atoms. The maximum absolute atomic E-state index is 7.36. The number of nitrogens with zero attached hydrogens (tertiary/aromatic N) is 3. The second kappa shape index (κ2) is 6.81. The van der Waals surface area contributed by atoms with Crippen molar-refractivity contribution in [1.29, 1.82) is 0 Å². The second-order valence-electron chi connectivity index (χ2n) is 4.16. The summed E-state index contributed by atoms with van der Waals surface area (Å²) in [6.45, 7) is 0.607.